The summed E-state index contributed by atoms with van der Waals surface area (Å²) in [5, 5.41) is 10.4. The zero-order valence-electron chi connectivity index (χ0n) is 14.3. The van der Waals surface area contributed by atoms with Crippen molar-refractivity contribution in [1.29, 1.82) is 0 Å². The highest BCUT2D eigenvalue weighted by atomic mass is 35.5. The fourth-order valence-electron chi connectivity index (χ4n) is 3.07. The van der Waals surface area contributed by atoms with Crippen LogP contribution in [0.5, 0.6) is 5.75 Å². The van der Waals surface area contributed by atoms with E-state index in [9.17, 15) is 19.5 Å². The zero-order valence-corrected chi connectivity index (χ0v) is 15.0. The summed E-state index contributed by atoms with van der Waals surface area (Å²) in [4.78, 5) is 40.7. The molecule has 0 saturated heterocycles. The first-order valence-corrected chi connectivity index (χ1v) is 8.22. The van der Waals surface area contributed by atoms with Crippen molar-refractivity contribution in [2.24, 2.45) is 14.1 Å². The molecule has 0 unspecified atom stereocenters. The molecule has 0 bridgehead atoms. The van der Waals surface area contributed by atoms with Crippen LogP contribution in [-0.2, 0) is 20.6 Å². The van der Waals surface area contributed by atoms with Crippen molar-refractivity contribution in [2.45, 2.75) is 6.54 Å². The Hall–Kier alpha value is -3.33. The molecule has 138 valence electrons. The van der Waals surface area contributed by atoms with Gasteiger partial charge in [-0.15, -0.1) is 0 Å². The number of aromatic nitrogens is 4. The molecule has 4 aromatic rings. The maximum atomic E-state index is 12.6. The van der Waals surface area contributed by atoms with E-state index in [1.165, 1.54) is 43.2 Å². The van der Waals surface area contributed by atoms with Gasteiger partial charge in [-0.05, 0) is 11.6 Å². The van der Waals surface area contributed by atoms with Crippen LogP contribution in [0.25, 0.3) is 22.1 Å². The molecule has 0 radical (unpaired) electrons. The summed E-state index contributed by atoms with van der Waals surface area (Å²) in [6, 6.07) is 4.03. The number of fused-ring (bicyclic) bond motifs is 2. The summed E-state index contributed by atoms with van der Waals surface area (Å²) in [5.41, 5.74) is -0.414. The van der Waals surface area contributed by atoms with Gasteiger partial charge in [-0.25, -0.2) is 14.6 Å². The molecule has 0 aliphatic heterocycles. The topological polar surface area (TPSA) is 112 Å². The number of nitrogens with zero attached hydrogens (tertiary/aromatic N) is 4. The van der Waals surface area contributed by atoms with Gasteiger partial charge in [0.25, 0.3) is 5.56 Å². The van der Waals surface area contributed by atoms with Crippen LogP contribution in [0.3, 0.4) is 0 Å². The SMILES string of the molecule is Cn1c(=O)c2c(ncn2Cc2cc(=O)oc3cc(O)c(Cl)cc23)n(C)c1=O. The molecule has 4 rings (SSSR count). The van der Waals surface area contributed by atoms with Crippen LogP contribution in [0.4, 0.5) is 0 Å². The van der Waals surface area contributed by atoms with Gasteiger partial charge in [-0.1, -0.05) is 11.6 Å². The van der Waals surface area contributed by atoms with Crippen molar-refractivity contribution in [3.63, 3.8) is 0 Å². The number of rotatable bonds is 2. The average molecular weight is 389 g/mol. The maximum absolute atomic E-state index is 12.6. The Morgan fingerprint density at radius 2 is 1.89 bits per heavy atom. The van der Waals surface area contributed by atoms with E-state index < -0.39 is 16.9 Å². The van der Waals surface area contributed by atoms with Crippen molar-refractivity contribution in [1.82, 2.24) is 18.7 Å². The van der Waals surface area contributed by atoms with Crippen LogP contribution >= 0.6 is 11.6 Å². The molecule has 0 fully saturated rings. The smallest absolute Gasteiger partial charge is 0.336 e. The van der Waals surface area contributed by atoms with E-state index in [0.717, 1.165) is 4.57 Å². The molecular formula is C17H13ClN4O5. The highest BCUT2D eigenvalue weighted by molar-refractivity contribution is 6.32. The summed E-state index contributed by atoms with van der Waals surface area (Å²) < 4.78 is 8.93. The first-order valence-electron chi connectivity index (χ1n) is 7.84. The molecule has 1 aromatic carbocycles. The molecular weight excluding hydrogens is 376 g/mol. The van der Waals surface area contributed by atoms with Crippen LogP contribution in [0.15, 0.2) is 43.3 Å². The third kappa shape index (κ3) is 2.55. The summed E-state index contributed by atoms with van der Waals surface area (Å²) >= 11 is 5.98. The Labute approximate surface area is 155 Å². The van der Waals surface area contributed by atoms with Crippen LogP contribution in [0, 0.1) is 0 Å². The van der Waals surface area contributed by atoms with Crippen molar-refractivity contribution >= 4 is 33.7 Å². The van der Waals surface area contributed by atoms with Gasteiger partial charge in [0.2, 0.25) is 0 Å². The number of imidazole rings is 1. The van der Waals surface area contributed by atoms with Crippen molar-refractivity contribution in [3.8, 4) is 5.75 Å². The van der Waals surface area contributed by atoms with Gasteiger partial charge in [0, 0.05) is 31.6 Å². The zero-order chi connectivity index (χ0) is 19.5. The monoisotopic (exact) mass is 388 g/mol. The highest BCUT2D eigenvalue weighted by Crippen LogP contribution is 2.30. The Morgan fingerprint density at radius 1 is 1.15 bits per heavy atom. The van der Waals surface area contributed by atoms with Crippen LogP contribution in [0.1, 0.15) is 5.56 Å². The summed E-state index contributed by atoms with van der Waals surface area (Å²) in [6.45, 7) is 0.118. The van der Waals surface area contributed by atoms with E-state index in [-0.39, 0.29) is 34.1 Å². The Balaban J connectivity index is 1.99. The third-order valence-corrected chi connectivity index (χ3v) is 4.76. The normalized spacial score (nSPS) is 11.5. The van der Waals surface area contributed by atoms with Gasteiger partial charge in [0.05, 0.1) is 17.9 Å². The van der Waals surface area contributed by atoms with Gasteiger partial charge in [-0.2, -0.15) is 0 Å². The minimum Gasteiger partial charge on any atom is -0.506 e. The van der Waals surface area contributed by atoms with Crippen molar-refractivity contribution in [3.05, 3.63) is 66.4 Å². The number of phenols is 1. The lowest BCUT2D eigenvalue weighted by atomic mass is 10.1. The molecule has 0 atom stereocenters. The second-order valence-electron chi connectivity index (χ2n) is 6.14. The Morgan fingerprint density at radius 3 is 2.63 bits per heavy atom. The molecule has 1 N–H and O–H groups in total. The Kier molecular flexibility index (Phi) is 3.70. The van der Waals surface area contributed by atoms with Crippen LogP contribution < -0.4 is 16.9 Å². The summed E-state index contributed by atoms with van der Waals surface area (Å²) in [5.74, 6) is -0.207. The molecule has 0 aliphatic carbocycles. The number of hydrogen-bond donors (Lipinski definition) is 1. The van der Waals surface area contributed by atoms with E-state index in [1.807, 2.05) is 0 Å². The number of halogens is 1. The number of aryl methyl sites for hydroxylation is 1. The lowest BCUT2D eigenvalue weighted by Crippen LogP contribution is -2.37. The highest BCUT2D eigenvalue weighted by Gasteiger charge is 2.16. The molecule has 10 heteroatoms. The van der Waals surface area contributed by atoms with Gasteiger partial charge < -0.3 is 14.1 Å². The second-order valence-corrected chi connectivity index (χ2v) is 6.55. The van der Waals surface area contributed by atoms with Crippen molar-refractivity contribution < 1.29 is 9.52 Å². The quantitative estimate of drug-likeness (QED) is 0.511. The minimum atomic E-state index is -0.607. The number of hydrogen-bond acceptors (Lipinski definition) is 6. The van der Waals surface area contributed by atoms with E-state index in [0.29, 0.717) is 10.9 Å². The molecule has 27 heavy (non-hydrogen) atoms. The van der Waals surface area contributed by atoms with Gasteiger partial charge in [-0.3, -0.25) is 13.9 Å². The minimum absolute atomic E-state index is 0.103. The lowest BCUT2D eigenvalue weighted by molar-refractivity contribution is 0.473. The van der Waals surface area contributed by atoms with E-state index in [2.05, 4.69) is 4.98 Å². The fourth-order valence-corrected chi connectivity index (χ4v) is 3.23. The lowest BCUT2D eigenvalue weighted by Gasteiger charge is -2.09. The largest absolute Gasteiger partial charge is 0.506 e. The summed E-state index contributed by atoms with van der Waals surface area (Å²) in [7, 11) is 2.91. The Bertz CT molecular complexity index is 1410. The maximum Gasteiger partial charge on any atom is 0.336 e. The molecule has 9 nitrogen and oxygen atoms in total. The van der Waals surface area contributed by atoms with Crippen LogP contribution in [0.2, 0.25) is 5.02 Å². The predicted molar refractivity (Wildman–Crippen MR) is 98.5 cm³/mol. The molecule has 0 amide bonds. The van der Waals surface area contributed by atoms with Gasteiger partial charge in [0.1, 0.15) is 11.3 Å². The molecule has 0 aliphatic rings. The number of phenolic OH excluding ortho intramolecular Hbond substituents is 1. The van der Waals surface area contributed by atoms with Crippen LogP contribution in [-0.4, -0.2) is 23.8 Å². The second kappa shape index (κ2) is 5.85. The molecule has 3 heterocycles. The third-order valence-electron chi connectivity index (χ3n) is 4.46. The number of aromatic hydroxyl groups is 1. The van der Waals surface area contributed by atoms with Gasteiger partial charge >= 0.3 is 11.3 Å². The standard InChI is InChI=1S/C17H13ClN4O5/c1-20-15-14(16(25)21(2)17(20)26)22(7-19-15)6-8-3-13(24)27-12-5-11(23)10(18)4-9(8)12/h3-5,7,23H,6H2,1-2H3. The van der Waals surface area contributed by atoms with Crippen molar-refractivity contribution in [2.75, 3.05) is 0 Å². The van der Waals surface area contributed by atoms with E-state index in [1.54, 1.807) is 4.57 Å². The fraction of sp³-hybridized carbons (Fsp3) is 0.176. The molecule has 3 aromatic heterocycles. The molecule has 0 saturated carbocycles. The molecule has 0 spiro atoms. The average Bonchev–Trinajstić information content (AvgIpc) is 3.03. The number of benzene rings is 1. The first-order chi connectivity index (χ1) is 12.8. The first kappa shape index (κ1) is 17.1. The van der Waals surface area contributed by atoms with Gasteiger partial charge in [0.15, 0.2) is 11.2 Å². The predicted octanol–water partition coefficient (Wildman–Crippen LogP) is 0.947. The summed E-state index contributed by atoms with van der Waals surface area (Å²) in [6.07, 6.45) is 1.42. The van der Waals surface area contributed by atoms with E-state index in [4.69, 9.17) is 16.0 Å². The van der Waals surface area contributed by atoms with E-state index >= 15 is 0 Å².